The van der Waals surface area contributed by atoms with Crippen molar-refractivity contribution in [2.75, 3.05) is 24.5 Å². The lowest BCUT2D eigenvalue weighted by Crippen LogP contribution is -2.52. The van der Waals surface area contributed by atoms with Crippen molar-refractivity contribution in [3.8, 4) is 0 Å². The maximum Gasteiger partial charge on any atom is 0.356 e. The first-order valence-corrected chi connectivity index (χ1v) is 10.3. The number of hydrogen-bond acceptors (Lipinski definition) is 4. The molecule has 2 aromatic rings. The molecule has 0 saturated carbocycles. The summed E-state index contributed by atoms with van der Waals surface area (Å²) in [5.41, 5.74) is 3.01. The molecule has 0 unspecified atom stereocenters. The van der Waals surface area contributed by atoms with E-state index in [1.165, 1.54) is 0 Å². The van der Waals surface area contributed by atoms with Gasteiger partial charge < -0.3 is 4.90 Å². The van der Waals surface area contributed by atoms with Crippen LogP contribution in [-0.2, 0) is 13.0 Å². The molecule has 7 nitrogen and oxygen atoms in total. The molecular formula is C22H31FN7+. The van der Waals surface area contributed by atoms with Gasteiger partial charge in [0, 0.05) is 43.6 Å². The number of benzene rings is 1. The minimum atomic E-state index is -0.392. The van der Waals surface area contributed by atoms with Crippen LogP contribution in [0.25, 0.3) is 0 Å². The SMILES string of the molecule is CC(C)Cc1cc(F)c(C(=[NH2+])N=NN)c(N2CCN(Cc3ccccn3)[C@@H](C)C2)c1. The van der Waals surface area contributed by atoms with Gasteiger partial charge in [0.2, 0.25) is 0 Å². The molecule has 1 saturated heterocycles. The maximum absolute atomic E-state index is 15.1. The number of nitrogens with zero attached hydrogens (tertiary/aromatic N) is 5. The van der Waals surface area contributed by atoms with E-state index in [9.17, 15) is 0 Å². The molecule has 0 spiro atoms. The van der Waals surface area contributed by atoms with Crippen molar-refractivity contribution in [1.82, 2.24) is 9.88 Å². The largest absolute Gasteiger partial charge is 0.368 e. The Labute approximate surface area is 177 Å². The second-order valence-corrected chi connectivity index (χ2v) is 8.26. The lowest BCUT2D eigenvalue weighted by Gasteiger charge is -2.41. The second kappa shape index (κ2) is 9.75. The van der Waals surface area contributed by atoms with Crippen molar-refractivity contribution in [3.63, 3.8) is 0 Å². The summed E-state index contributed by atoms with van der Waals surface area (Å²) in [6.45, 7) is 9.54. The van der Waals surface area contributed by atoms with Gasteiger partial charge in [0.25, 0.3) is 0 Å². The van der Waals surface area contributed by atoms with Crippen LogP contribution < -0.4 is 16.2 Å². The Morgan fingerprint density at radius 2 is 2.13 bits per heavy atom. The van der Waals surface area contributed by atoms with Gasteiger partial charge in [-0.3, -0.25) is 21.1 Å². The number of pyridine rings is 1. The average Bonchev–Trinajstić information content (AvgIpc) is 2.69. The van der Waals surface area contributed by atoms with E-state index < -0.39 is 5.82 Å². The van der Waals surface area contributed by atoms with Gasteiger partial charge in [0.05, 0.1) is 16.5 Å². The first kappa shape index (κ1) is 21.8. The Morgan fingerprint density at radius 3 is 2.77 bits per heavy atom. The summed E-state index contributed by atoms with van der Waals surface area (Å²) in [4.78, 5) is 9.00. The Morgan fingerprint density at radius 1 is 1.33 bits per heavy atom. The monoisotopic (exact) mass is 412 g/mol. The van der Waals surface area contributed by atoms with Crippen LogP contribution in [-0.4, -0.2) is 41.4 Å². The zero-order chi connectivity index (χ0) is 21.7. The average molecular weight is 413 g/mol. The van der Waals surface area contributed by atoms with Crippen molar-refractivity contribution in [1.29, 1.82) is 0 Å². The highest BCUT2D eigenvalue weighted by molar-refractivity contribution is 6.00. The van der Waals surface area contributed by atoms with Crippen LogP contribution in [0.15, 0.2) is 46.9 Å². The third-order valence-electron chi connectivity index (χ3n) is 5.39. The standard InChI is InChI=1S/C22H30FN7/c1-15(2)10-17-11-19(23)21(22(24)27-28-25)20(12-17)30-9-8-29(16(3)13-30)14-18-6-4-5-7-26-18/h4-7,11-12,15-16H,8-10,13-14H2,1-3H3,(H3,24,25,27)/p+1/t16-/m0/s1. The molecule has 8 heteroatoms. The molecule has 1 aliphatic heterocycles. The lowest BCUT2D eigenvalue weighted by molar-refractivity contribution is -0.114. The topological polar surface area (TPSA) is 95.7 Å². The van der Waals surface area contributed by atoms with E-state index in [1.54, 1.807) is 6.07 Å². The predicted molar refractivity (Wildman–Crippen MR) is 116 cm³/mol. The van der Waals surface area contributed by atoms with Gasteiger partial charge in [-0.25, -0.2) is 4.39 Å². The third kappa shape index (κ3) is 5.18. The fraction of sp³-hybridized carbons (Fsp3) is 0.455. The van der Waals surface area contributed by atoms with Gasteiger partial charge in [-0.2, -0.15) is 0 Å². The molecule has 1 atom stereocenters. The zero-order valence-corrected chi connectivity index (χ0v) is 17.9. The summed E-state index contributed by atoms with van der Waals surface area (Å²) in [7, 11) is 0. The van der Waals surface area contributed by atoms with Gasteiger partial charge >= 0.3 is 5.84 Å². The molecule has 4 N–H and O–H groups in total. The highest BCUT2D eigenvalue weighted by Crippen LogP contribution is 2.29. The highest BCUT2D eigenvalue weighted by atomic mass is 19.1. The molecule has 1 aromatic carbocycles. The number of halogens is 1. The van der Waals surface area contributed by atoms with Gasteiger partial charge in [-0.15, -0.1) is 0 Å². The third-order valence-corrected chi connectivity index (χ3v) is 5.39. The molecule has 0 bridgehead atoms. The quantitative estimate of drug-likeness (QED) is 0.249. The minimum Gasteiger partial charge on any atom is -0.368 e. The molecule has 1 aliphatic rings. The highest BCUT2D eigenvalue weighted by Gasteiger charge is 2.30. The van der Waals surface area contributed by atoms with Crippen molar-refractivity contribution in [3.05, 3.63) is 59.2 Å². The van der Waals surface area contributed by atoms with E-state index in [0.717, 1.165) is 49.5 Å². The molecule has 3 rings (SSSR count). The van der Waals surface area contributed by atoms with E-state index in [1.807, 2.05) is 30.5 Å². The summed E-state index contributed by atoms with van der Waals surface area (Å²) < 4.78 is 15.1. The number of aromatic nitrogens is 1. The van der Waals surface area contributed by atoms with Crippen LogP contribution in [0, 0.1) is 11.7 Å². The minimum absolute atomic E-state index is 0.00957. The van der Waals surface area contributed by atoms with Crippen LogP contribution in [0.2, 0.25) is 0 Å². The summed E-state index contributed by atoms with van der Waals surface area (Å²) in [5, 5.41) is 13.0. The van der Waals surface area contributed by atoms with E-state index >= 15 is 4.39 Å². The molecule has 2 heterocycles. The van der Waals surface area contributed by atoms with Crippen molar-refractivity contribution in [2.45, 2.75) is 39.8 Å². The number of hydrogen-bond donors (Lipinski definition) is 2. The fourth-order valence-electron chi connectivity index (χ4n) is 4.00. The smallest absolute Gasteiger partial charge is 0.356 e. The fourth-order valence-corrected chi connectivity index (χ4v) is 4.00. The summed E-state index contributed by atoms with van der Waals surface area (Å²) in [6, 6.07) is 9.79. The first-order valence-electron chi connectivity index (χ1n) is 10.3. The Kier molecular flexibility index (Phi) is 7.10. The number of nitrogens with two attached hydrogens (primary N) is 2. The van der Waals surface area contributed by atoms with Crippen LogP contribution in [0.3, 0.4) is 0 Å². The van der Waals surface area contributed by atoms with E-state index in [-0.39, 0.29) is 17.4 Å². The molecule has 1 aromatic heterocycles. The van der Waals surface area contributed by atoms with Gasteiger partial charge in [-0.1, -0.05) is 19.9 Å². The predicted octanol–water partition coefficient (Wildman–Crippen LogP) is 1.96. The molecule has 0 aliphatic carbocycles. The molecule has 30 heavy (non-hydrogen) atoms. The lowest BCUT2D eigenvalue weighted by atomic mass is 9.98. The molecule has 0 amide bonds. The molecule has 1 fully saturated rings. The van der Waals surface area contributed by atoms with E-state index in [0.29, 0.717) is 5.92 Å². The van der Waals surface area contributed by atoms with Crippen LogP contribution in [0.1, 0.15) is 37.6 Å². The number of amidine groups is 1. The van der Waals surface area contributed by atoms with Gasteiger partial charge in [0.1, 0.15) is 11.4 Å². The molecular weight excluding hydrogens is 381 g/mol. The molecule has 160 valence electrons. The van der Waals surface area contributed by atoms with Crippen molar-refractivity contribution in [2.24, 2.45) is 22.1 Å². The summed E-state index contributed by atoms with van der Waals surface area (Å²) >= 11 is 0. The summed E-state index contributed by atoms with van der Waals surface area (Å²) in [5.74, 6) is 5.18. The normalized spacial score (nSPS) is 17.8. The Bertz CT molecular complexity index is 898. The maximum atomic E-state index is 15.1. The van der Waals surface area contributed by atoms with E-state index in [4.69, 9.17) is 11.3 Å². The van der Waals surface area contributed by atoms with Gasteiger partial charge in [0.15, 0.2) is 0 Å². The van der Waals surface area contributed by atoms with Crippen molar-refractivity contribution >= 4 is 11.5 Å². The van der Waals surface area contributed by atoms with Crippen LogP contribution >= 0.6 is 0 Å². The summed E-state index contributed by atoms with van der Waals surface area (Å²) in [6.07, 6.45) is 2.61. The van der Waals surface area contributed by atoms with Crippen LogP contribution in [0.5, 0.6) is 0 Å². The Hall–Kier alpha value is -2.87. The van der Waals surface area contributed by atoms with Gasteiger partial charge in [-0.05, 0) is 49.1 Å². The first-order chi connectivity index (χ1) is 14.4. The van der Waals surface area contributed by atoms with E-state index in [2.05, 4.69) is 45.9 Å². The van der Waals surface area contributed by atoms with Crippen molar-refractivity contribution < 1.29 is 9.80 Å². The Balaban J connectivity index is 1.86. The second-order valence-electron chi connectivity index (χ2n) is 8.26. The number of piperazine rings is 1. The molecule has 0 radical (unpaired) electrons. The zero-order valence-electron chi connectivity index (χ0n) is 17.9. The number of anilines is 1. The van der Waals surface area contributed by atoms with Crippen LogP contribution in [0.4, 0.5) is 10.1 Å². The number of rotatable bonds is 6.